The van der Waals surface area contributed by atoms with E-state index in [4.69, 9.17) is 15.2 Å². The van der Waals surface area contributed by atoms with Crippen LogP contribution in [0.15, 0.2) is 48.8 Å². The van der Waals surface area contributed by atoms with Crippen molar-refractivity contribution in [2.45, 2.75) is 5.41 Å². The van der Waals surface area contributed by atoms with Gasteiger partial charge in [0.2, 0.25) is 5.95 Å². The number of nitrogens with two attached hydrogens (primary N) is 1. The van der Waals surface area contributed by atoms with E-state index in [1.54, 1.807) is 18.5 Å². The molecule has 0 saturated carbocycles. The zero-order valence-electron chi connectivity index (χ0n) is 18.1. The molecule has 2 saturated heterocycles. The number of rotatable bonds is 3. The Morgan fingerprint density at radius 1 is 1.03 bits per heavy atom. The number of carbonyl (C=O) groups excluding carboxylic acids is 1. The summed E-state index contributed by atoms with van der Waals surface area (Å²) in [7, 11) is 0. The van der Waals surface area contributed by atoms with Crippen molar-refractivity contribution in [1.82, 2.24) is 19.9 Å². The SMILES string of the molecule is Nc1cccc(-c2cnc(N3CC4(COC4)c4ccc(C(=O)N5CCOCC5)cc43)nc2)n1. The number of nitrogen functional groups attached to an aromatic ring is 1. The zero-order chi connectivity index (χ0) is 22.4. The minimum Gasteiger partial charge on any atom is -0.384 e. The monoisotopic (exact) mass is 444 g/mol. The molecule has 1 spiro atoms. The Labute approximate surface area is 191 Å². The summed E-state index contributed by atoms with van der Waals surface area (Å²) in [6.07, 6.45) is 3.52. The molecule has 9 nitrogen and oxygen atoms in total. The van der Waals surface area contributed by atoms with Crippen molar-refractivity contribution in [2.24, 2.45) is 0 Å². The van der Waals surface area contributed by atoms with Crippen LogP contribution in [0.5, 0.6) is 0 Å². The number of aromatic nitrogens is 3. The number of hydrogen-bond acceptors (Lipinski definition) is 8. The predicted molar refractivity (Wildman–Crippen MR) is 122 cm³/mol. The summed E-state index contributed by atoms with van der Waals surface area (Å²) < 4.78 is 11.0. The lowest BCUT2D eigenvalue weighted by Gasteiger charge is -2.38. The van der Waals surface area contributed by atoms with Gasteiger partial charge < -0.3 is 25.0 Å². The lowest BCUT2D eigenvalue weighted by Crippen LogP contribution is -2.49. The fourth-order valence-corrected chi connectivity index (χ4v) is 4.74. The molecular weight excluding hydrogens is 420 g/mol. The maximum absolute atomic E-state index is 13.1. The van der Waals surface area contributed by atoms with Gasteiger partial charge in [0, 0.05) is 48.8 Å². The van der Waals surface area contributed by atoms with E-state index >= 15 is 0 Å². The summed E-state index contributed by atoms with van der Waals surface area (Å²) in [6, 6.07) is 11.4. The first-order valence-corrected chi connectivity index (χ1v) is 11.0. The Balaban J connectivity index is 1.34. The fourth-order valence-electron chi connectivity index (χ4n) is 4.74. The number of carbonyl (C=O) groups is 1. The molecule has 5 heterocycles. The average Bonchev–Trinajstić information content (AvgIpc) is 3.20. The van der Waals surface area contributed by atoms with Crippen LogP contribution in [-0.2, 0) is 14.9 Å². The predicted octanol–water partition coefficient (Wildman–Crippen LogP) is 2.01. The maximum atomic E-state index is 13.1. The summed E-state index contributed by atoms with van der Waals surface area (Å²) >= 11 is 0. The number of morpholine rings is 1. The van der Waals surface area contributed by atoms with Gasteiger partial charge in [-0.3, -0.25) is 4.79 Å². The van der Waals surface area contributed by atoms with Crippen LogP contribution in [0.2, 0.25) is 0 Å². The summed E-state index contributed by atoms with van der Waals surface area (Å²) in [5.41, 5.74) is 10.1. The Hall–Kier alpha value is -3.56. The number of benzene rings is 1. The highest BCUT2D eigenvalue weighted by Crippen LogP contribution is 2.47. The molecular formula is C24H24N6O3. The number of pyridine rings is 1. The fraction of sp³-hybridized carbons (Fsp3) is 0.333. The second kappa shape index (κ2) is 7.79. The average molecular weight is 444 g/mol. The van der Waals surface area contributed by atoms with E-state index in [1.807, 2.05) is 29.2 Å². The maximum Gasteiger partial charge on any atom is 0.254 e. The molecule has 0 bridgehead atoms. The normalized spacial score (nSPS) is 18.8. The Bertz CT molecular complexity index is 1210. The largest absolute Gasteiger partial charge is 0.384 e. The number of fused-ring (bicyclic) bond motifs is 2. The van der Waals surface area contributed by atoms with Gasteiger partial charge in [-0.1, -0.05) is 12.1 Å². The molecule has 0 unspecified atom stereocenters. The molecule has 2 N–H and O–H groups in total. The molecule has 3 aliphatic heterocycles. The van der Waals surface area contributed by atoms with Gasteiger partial charge in [-0.2, -0.15) is 0 Å². The topological polar surface area (TPSA) is 107 Å². The molecule has 2 aromatic heterocycles. The van der Waals surface area contributed by atoms with Gasteiger partial charge in [0.25, 0.3) is 5.91 Å². The summed E-state index contributed by atoms with van der Waals surface area (Å²) in [5, 5.41) is 0. The second-order valence-corrected chi connectivity index (χ2v) is 8.72. The molecule has 33 heavy (non-hydrogen) atoms. The van der Waals surface area contributed by atoms with E-state index in [-0.39, 0.29) is 11.3 Å². The molecule has 6 rings (SSSR count). The van der Waals surface area contributed by atoms with E-state index in [0.717, 1.165) is 16.9 Å². The third kappa shape index (κ3) is 3.40. The molecule has 1 aromatic carbocycles. The Kier molecular flexibility index (Phi) is 4.74. The first-order chi connectivity index (χ1) is 16.1. The molecule has 0 radical (unpaired) electrons. The smallest absolute Gasteiger partial charge is 0.254 e. The second-order valence-electron chi connectivity index (χ2n) is 8.72. The van der Waals surface area contributed by atoms with E-state index in [1.165, 1.54) is 5.56 Å². The zero-order valence-corrected chi connectivity index (χ0v) is 18.1. The van der Waals surface area contributed by atoms with E-state index in [9.17, 15) is 4.79 Å². The van der Waals surface area contributed by atoms with Gasteiger partial charge in [0.1, 0.15) is 5.82 Å². The molecule has 0 aliphatic carbocycles. The number of ether oxygens (including phenoxy) is 2. The summed E-state index contributed by atoms with van der Waals surface area (Å²) in [4.78, 5) is 30.6. The van der Waals surface area contributed by atoms with Crippen LogP contribution in [-0.4, -0.2) is 71.8 Å². The standard InChI is InChI=1S/C24H24N6O3/c25-21-3-1-2-19(28-21)17-11-26-23(27-12-17)30-13-24(14-33-15-24)18-5-4-16(10-20(18)30)22(31)29-6-8-32-9-7-29/h1-5,10-12H,6-9,13-15H2,(H2,25,28). The van der Waals surface area contributed by atoms with Crippen molar-refractivity contribution < 1.29 is 14.3 Å². The molecule has 0 atom stereocenters. The molecule has 3 aromatic rings. The van der Waals surface area contributed by atoms with Crippen LogP contribution in [0.3, 0.4) is 0 Å². The van der Waals surface area contributed by atoms with Crippen molar-refractivity contribution in [3.05, 3.63) is 59.9 Å². The molecule has 9 heteroatoms. The van der Waals surface area contributed by atoms with Crippen molar-refractivity contribution in [2.75, 3.05) is 56.7 Å². The van der Waals surface area contributed by atoms with E-state index < -0.39 is 0 Å². The lowest BCUT2D eigenvalue weighted by atomic mass is 9.80. The quantitative estimate of drug-likeness (QED) is 0.654. The third-order valence-electron chi connectivity index (χ3n) is 6.57. The number of amides is 1. The van der Waals surface area contributed by atoms with Gasteiger partial charge in [-0.15, -0.1) is 0 Å². The van der Waals surface area contributed by atoms with Crippen LogP contribution in [0.25, 0.3) is 11.3 Å². The van der Waals surface area contributed by atoms with Crippen molar-refractivity contribution in [1.29, 1.82) is 0 Å². The number of anilines is 3. The van der Waals surface area contributed by atoms with Crippen LogP contribution in [0, 0.1) is 0 Å². The van der Waals surface area contributed by atoms with Gasteiger partial charge in [0.15, 0.2) is 0 Å². The van der Waals surface area contributed by atoms with Crippen molar-refractivity contribution in [3.8, 4) is 11.3 Å². The number of hydrogen-bond donors (Lipinski definition) is 1. The molecule has 1 amide bonds. The Morgan fingerprint density at radius 3 is 2.52 bits per heavy atom. The highest BCUT2D eigenvalue weighted by molar-refractivity contribution is 5.96. The van der Waals surface area contributed by atoms with Gasteiger partial charge in [0.05, 0.1) is 37.5 Å². The highest BCUT2D eigenvalue weighted by Gasteiger charge is 2.49. The lowest BCUT2D eigenvalue weighted by molar-refractivity contribution is -0.0507. The van der Waals surface area contributed by atoms with Crippen LogP contribution in [0.1, 0.15) is 15.9 Å². The van der Waals surface area contributed by atoms with E-state index in [2.05, 4.69) is 25.9 Å². The summed E-state index contributed by atoms with van der Waals surface area (Å²) in [5.74, 6) is 1.06. The minimum atomic E-state index is -0.0899. The summed E-state index contributed by atoms with van der Waals surface area (Å²) in [6.45, 7) is 4.39. The van der Waals surface area contributed by atoms with Crippen molar-refractivity contribution in [3.63, 3.8) is 0 Å². The van der Waals surface area contributed by atoms with E-state index in [0.29, 0.717) is 63.4 Å². The first kappa shape index (κ1) is 20.1. The van der Waals surface area contributed by atoms with Gasteiger partial charge in [-0.25, -0.2) is 15.0 Å². The molecule has 168 valence electrons. The van der Waals surface area contributed by atoms with Crippen LogP contribution in [0.4, 0.5) is 17.5 Å². The van der Waals surface area contributed by atoms with Gasteiger partial charge in [-0.05, 0) is 29.8 Å². The molecule has 3 aliphatic rings. The highest BCUT2D eigenvalue weighted by atomic mass is 16.5. The third-order valence-corrected chi connectivity index (χ3v) is 6.57. The van der Waals surface area contributed by atoms with Crippen LogP contribution >= 0.6 is 0 Å². The van der Waals surface area contributed by atoms with Crippen molar-refractivity contribution >= 4 is 23.4 Å². The first-order valence-electron chi connectivity index (χ1n) is 11.0. The Morgan fingerprint density at radius 2 is 1.82 bits per heavy atom. The minimum absolute atomic E-state index is 0.0240. The molecule has 2 fully saturated rings. The van der Waals surface area contributed by atoms with Gasteiger partial charge >= 0.3 is 0 Å². The van der Waals surface area contributed by atoms with Crippen LogP contribution < -0.4 is 10.6 Å². The number of nitrogens with zero attached hydrogens (tertiary/aromatic N) is 5.